The van der Waals surface area contributed by atoms with Crippen LogP contribution in [0.1, 0.15) is 25.3 Å². The second-order valence-electron chi connectivity index (χ2n) is 6.50. The lowest BCUT2D eigenvalue weighted by Crippen LogP contribution is -2.13. The van der Waals surface area contributed by atoms with Gasteiger partial charge in [-0.25, -0.2) is 0 Å². The molecule has 120 valence electrons. The minimum absolute atomic E-state index is 0.0931. The molecule has 1 saturated carbocycles. The Kier molecular flexibility index (Phi) is 3.58. The second-order valence-corrected chi connectivity index (χ2v) is 7.41. The van der Waals surface area contributed by atoms with Gasteiger partial charge in [0.25, 0.3) is 0 Å². The molecular weight excluding hydrogens is 318 g/mol. The van der Waals surface area contributed by atoms with Crippen LogP contribution in [0.4, 0.5) is 0 Å². The highest BCUT2D eigenvalue weighted by Gasteiger charge is 2.42. The molecule has 3 atom stereocenters. The van der Waals surface area contributed by atoms with Crippen molar-refractivity contribution in [3.05, 3.63) is 59.1 Å². The predicted molar refractivity (Wildman–Crippen MR) is 96.4 cm³/mol. The summed E-state index contributed by atoms with van der Waals surface area (Å²) in [5.41, 5.74) is 3.95. The summed E-state index contributed by atoms with van der Waals surface area (Å²) >= 11 is 4.52. The van der Waals surface area contributed by atoms with Gasteiger partial charge in [0, 0.05) is 36.5 Å². The van der Waals surface area contributed by atoms with Crippen LogP contribution in [0, 0.1) is 17.2 Å². The van der Waals surface area contributed by atoms with E-state index in [1.165, 1.54) is 0 Å². The van der Waals surface area contributed by atoms with Crippen molar-refractivity contribution in [3.8, 4) is 6.07 Å². The van der Waals surface area contributed by atoms with Crippen LogP contribution in [0.3, 0.4) is 0 Å². The van der Waals surface area contributed by atoms with E-state index in [4.69, 9.17) is 4.74 Å². The highest BCUT2D eigenvalue weighted by atomic mass is 32.1. The summed E-state index contributed by atoms with van der Waals surface area (Å²) in [6.45, 7) is 1.94. The van der Waals surface area contributed by atoms with Crippen molar-refractivity contribution in [3.63, 3.8) is 0 Å². The fourth-order valence-corrected chi connectivity index (χ4v) is 3.69. The first kappa shape index (κ1) is 15.2. The lowest BCUT2D eigenvalue weighted by Gasteiger charge is -2.14. The summed E-state index contributed by atoms with van der Waals surface area (Å²) in [5.74, 6) is 1.16. The van der Waals surface area contributed by atoms with Crippen LogP contribution < -0.4 is 0 Å². The first-order chi connectivity index (χ1) is 11.6. The monoisotopic (exact) mass is 335 g/mol. The summed E-state index contributed by atoms with van der Waals surface area (Å²) in [7, 11) is 0. The predicted octanol–water partition coefficient (Wildman–Crippen LogP) is 3.71. The molecule has 3 aliphatic rings. The molecule has 0 radical (unpaired) electrons. The van der Waals surface area contributed by atoms with Crippen molar-refractivity contribution in [2.45, 2.75) is 30.7 Å². The zero-order chi connectivity index (χ0) is 16.7. The average Bonchev–Trinajstić information content (AvgIpc) is 3.06. The van der Waals surface area contributed by atoms with Gasteiger partial charge < -0.3 is 4.74 Å². The molecule has 1 aromatic heterocycles. The topological polar surface area (TPSA) is 58.3 Å². The maximum Gasteiger partial charge on any atom is 0.124 e. The molecule has 3 unspecified atom stereocenters. The largest absolute Gasteiger partial charge is 0.489 e. The highest BCUT2D eigenvalue weighted by molar-refractivity contribution is 7.82. The van der Waals surface area contributed by atoms with E-state index < -0.39 is 4.87 Å². The van der Waals surface area contributed by atoms with E-state index in [9.17, 15) is 5.26 Å². The Hall–Kier alpha value is -2.32. The molecule has 1 aromatic rings. The number of thiol groups is 1. The van der Waals surface area contributed by atoms with Gasteiger partial charge in [0.15, 0.2) is 0 Å². The molecule has 3 heterocycles. The molecule has 4 nitrogen and oxygen atoms in total. The molecule has 2 aliphatic heterocycles. The van der Waals surface area contributed by atoms with Crippen LogP contribution in [0.15, 0.2) is 58.6 Å². The third-order valence-corrected chi connectivity index (χ3v) is 5.04. The number of aromatic nitrogens is 1. The Morgan fingerprint density at radius 3 is 2.92 bits per heavy atom. The molecule has 24 heavy (non-hydrogen) atoms. The van der Waals surface area contributed by atoms with Crippen molar-refractivity contribution in [2.24, 2.45) is 10.9 Å². The Morgan fingerprint density at radius 1 is 1.38 bits per heavy atom. The number of pyridine rings is 1. The fraction of sp³-hybridized carbons (Fsp3) is 0.316. The summed E-state index contributed by atoms with van der Waals surface area (Å²) < 4.78 is 6.14. The molecule has 5 heteroatoms. The summed E-state index contributed by atoms with van der Waals surface area (Å²) in [6.07, 6.45) is 11.0. The molecule has 0 spiro atoms. The van der Waals surface area contributed by atoms with Gasteiger partial charge in [0.05, 0.1) is 11.6 Å². The Balaban J connectivity index is 1.67. The van der Waals surface area contributed by atoms with Crippen LogP contribution in [-0.2, 0) is 4.74 Å². The van der Waals surface area contributed by atoms with Crippen molar-refractivity contribution in [1.29, 1.82) is 5.26 Å². The van der Waals surface area contributed by atoms with E-state index >= 15 is 0 Å². The number of nitriles is 1. The number of fused-ring (bicyclic) bond motifs is 2. The molecule has 0 bridgehead atoms. The van der Waals surface area contributed by atoms with Crippen LogP contribution in [0.5, 0.6) is 0 Å². The molecule has 4 rings (SSSR count). The van der Waals surface area contributed by atoms with Gasteiger partial charge in [-0.3, -0.25) is 9.98 Å². The van der Waals surface area contributed by atoms with Crippen molar-refractivity contribution in [2.75, 3.05) is 0 Å². The van der Waals surface area contributed by atoms with E-state index in [0.717, 1.165) is 40.9 Å². The third-order valence-electron chi connectivity index (χ3n) is 4.77. The normalized spacial score (nSPS) is 32.7. The number of hydrogen-bond acceptors (Lipinski definition) is 5. The Labute approximate surface area is 146 Å². The van der Waals surface area contributed by atoms with Crippen LogP contribution in [-0.4, -0.2) is 22.2 Å². The van der Waals surface area contributed by atoms with E-state index in [2.05, 4.69) is 28.7 Å². The van der Waals surface area contributed by atoms with Gasteiger partial charge in [0.2, 0.25) is 0 Å². The summed E-state index contributed by atoms with van der Waals surface area (Å²) in [6, 6.07) is 6.13. The van der Waals surface area contributed by atoms with E-state index in [1.807, 2.05) is 37.4 Å². The first-order valence-electron chi connectivity index (χ1n) is 7.97. The lowest BCUT2D eigenvalue weighted by atomic mass is 9.95. The van der Waals surface area contributed by atoms with Crippen molar-refractivity contribution < 1.29 is 4.74 Å². The van der Waals surface area contributed by atoms with Crippen LogP contribution in [0.25, 0.3) is 5.57 Å². The van der Waals surface area contributed by atoms with Gasteiger partial charge in [-0.05, 0) is 48.8 Å². The number of hydrogen-bond donors (Lipinski definition) is 1. The lowest BCUT2D eigenvalue weighted by molar-refractivity contribution is 0.138. The number of aliphatic imine (C=N–C) groups is 1. The summed E-state index contributed by atoms with van der Waals surface area (Å²) in [5, 5.41) is 9.62. The number of ether oxygens (including phenoxy) is 1. The minimum Gasteiger partial charge on any atom is -0.489 e. The standard InChI is InChI=1S/C19H17N3OS/c1-19(24)5-2-17-16(11-22-19)14-8-13(9-18(14)23-17)15(10-20)12-3-6-21-7-4-12/h2-7,11,14,18,24H,8-9H2,1H3/b15-13-. The maximum atomic E-state index is 9.62. The Morgan fingerprint density at radius 2 is 2.17 bits per heavy atom. The molecule has 1 fully saturated rings. The Bertz CT molecular complexity index is 843. The number of nitrogens with zero attached hydrogens (tertiary/aromatic N) is 3. The zero-order valence-corrected chi connectivity index (χ0v) is 14.2. The first-order valence-corrected chi connectivity index (χ1v) is 8.42. The third kappa shape index (κ3) is 2.57. The zero-order valence-electron chi connectivity index (χ0n) is 13.3. The fourth-order valence-electron chi connectivity index (χ4n) is 3.56. The van der Waals surface area contributed by atoms with E-state index in [-0.39, 0.29) is 12.0 Å². The number of allylic oxidation sites excluding steroid dienone is 2. The van der Waals surface area contributed by atoms with E-state index in [0.29, 0.717) is 0 Å². The van der Waals surface area contributed by atoms with Gasteiger partial charge in [0.1, 0.15) is 16.7 Å². The minimum atomic E-state index is -0.505. The molecule has 0 aromatic carbocycles. The van der Waals surface area contributed by atoms with Gasteiger partial charge >= 0.3 is 0 Å². The van der Waals surface area contributed by atoms with Crippen LogP contribution in [0.2, 0.25) is 0 Å². The van der Waals surface area contributed by atoms with E-state index in [1.54, 1.807) is 12.4 Å². The molecule has 0 saturated heterocycles. The SMILES string of the molecule is CC1(S)C=CC2=C(C=N1)C1C/C(=C(\C#N)c3ccncc3)CC1O2. The van der Waals surface area contributed by atoms with Crippen LogP contribution >= 0.6 is 12.6 Å². The second kappa shape index (κ2) is 5.64. The number of rotatable bonds is 1. The maximum absolute atomic E-state index is 9.62. The summed E-state index contributed by atoms with van der Waals surface area (Å²) in [4.78, 5) is 8.05. The highest BCUT2D eigenvalue weighted by Crippen LogP contribution is 2.47. The van der Waals surface area contributed by atoms with Crippen molar-refractivity contribution in [1.82, 2.24) is 4.98 Å². The molecule has 0 N–H and O–H groups in total. The van der Waals surface area contributed by atoms with Gasteiger partial charge in [-0.1, -0.05) is 0 Å². The molecular formula is C19H17N3OS. The quantitative estimate of drug-likeness (QED) is 0.629. The molecule has 1 aliphatic carbocycles. The van der Waals surface area contributed by atoms with Gasteiger partial charge in [-0.2, -0.15) is 5.26 Å². The average molecular weight is 335 g/mol. The van der Waals surface area contributed by atoms with Crippen molar-refractivity contribution >= 4 is 24.4 Å². The smallest absolute Gasteiger partial charge is 0.124 e. The van der Waals surface area contributed by atoms with Gasteiger partial charge in [-0.15, -0.1) is 12.6 Å². The molecule has 0 amide bonds.